The monoisotopic (exact) mass is 558 g/mol. The number of rotatable bonds is 5. The highest BCUT2D eigenvalue weighted by molar-refractivity contribution is 9.10. The van der Waals surface area contributed by atoms with Gasteiger partial charge in [0.25, 0.3) is 0 Å². The Hall–Kier alpha value is -3.71. The van der Waals surface area contributed by atoms with Crippen molar-refractivity contribution in [2.45, 2.75) is 0 Å². The lowest BCUT2D eigenvalue weighted by molar-refractivity contribution is 0.592. The van der Waals surface area contributed by atoms with Gasteiger partial charge < -0.3 is 4.57 Å². The topological polar surface area (TPSA) is 17.1 Å². The van der Waals surface area contributed by atoms with Gasteiger partial charge in [-0.15, -0.1) is 0 Å². The molecule has 6 aromatic carbocycles. The Kier molecular flexibility index (Phi) is 6.38. The van der Waals surface area contributed by atoms with Crippen LogP contribution in [-0.2, 0) is 4.57 Å². The van der Waals surface area contributed by atoms with Crippen molar-refractivity contribution < 1.29 is 4.57 Å². The molecule has 0 aromatic heterocycles. The maximum Gasteiger partial charge on any atom is 0.171 e. The quantitative estimate of drug-likeness (QED) is 0.194. The van der Waals surface area contributed by atoms with Crippen LogP contribution in [0.2, 0.25) is 0 Å². The zero-order valence-corrected chi connectivity index (χ0v) is 22.6. The van der Waals surface area contributed by atoms with Gasteiger partial charge in [-0.3, -0.25) is 0 Å². The molecule has 0 saturated carbocycles. The molecule has 0 amide bonds. The van der Waals surface area contributed by atoms with Crippen LogP contribution in [-0.4, -0.2) is 0 Å². The van der Waals surface area contributed by atoms with Crippen LogP contribution in [0.5, 0.6) is 0 Å². The summed E-state index contributed by atoms with van der Waals surface area (Å²) in [4.78, 5) is 0. The van der Waals surface area contributed by atoms with Crippen LogP contribution >= 0.6 is 23.1 Å². The van der Waals surface area contributed by atoms with Crippen LogP contribution in [0.3, 0.4) is 0 Å². The molecule has 0 N–H and O–H groups in total. The largest absolute Gasteiger partial charge is 0.309 e. The fraction of sp³-hybridized carbons (Fsp3) is 0. The van der Waals surface area contributed by atoms with Gasteiger partial charge in [0.2, 0.25) is 0 Å². The van der Waals surface area contributed by atoms with Gasteiger partial charge in [-0.25, -0.2) is 0 Å². The standard InChI is InChI=1S/C34H24BrOP/c35-34-24-23-31(32-13-7-8-14-33(32)34)27-17-15-25(16-18-27)26-19-21-30(22-20-26)37(36,28-9-3-1-4-10-28)29-11-5-2-6-12-29/h1-24H. The highest BCUT2D eigenvalue weighted by atomic mass is 79.9. The highest BCUT2D eigenvalue weighted by Gasteiger charge is 2.29. The summed E-state index contributed by atoms with van der Waals surface area (Å²) in [5.74, 6) is 0. The van der Waals surface area contributed by atoms with Gasteiger partial charge in [0.1, 0.15) is 0 Å². The second kappa shape index (κ2) is 9.98. The molecule has 37 heavy (non-hydrogen) atoms. The molecular formula is C34H24BrOP. The van der Waals surface area contributed by atoms with Gasteiger partial charge in [0, 0.05) is 20.4 Å². The van der Waals surface area contributed by atoms with E-state index in [0.29, 0.717) is 0 Å². The van der Waals surface area contributed by atoms with E-state index in [1.54, 1.807) is 0 Å². The van der Waals surface area contributed by atoms with Crippen molar-refractivity contribution in [3.63, 3.8) is 0 Å². The second-order valence-corrected chi connectivity index (χ2v) is 12.7. The average molecular weight is 559 g/mol. The van der Waals surface area contributed by atoms with E-state index >= 15 is 0 Å². The molecule has 0 aliphatic heterocycles. The molecular weight excluding hydrogens is 535 g/mol. The lowest BCUT2D eigenvalue weighted by Gasteiger charge is -2.20. The zero-order valence-electron chi connectivity index (χ0n) is 20.1. The summed E-state index contributed by atoms with van der Waals surface area (Å²) in [6.07, 6.45) is 0. The molecule has 1 nitrogen and oxygen atoms in total. The third-order valence-corrected chi connectivity index (χ3v) is 10.6. The van der Waals surface area contributed by atoms with Gasteiger partial charge >= 0.3 is 0 Å². The second-order valence-electron chi connectivity index (χ2n) is 9.05. The van der Waals surface area contributed by atoms with Crippen LogP contribution in [0.15, 0.2) is 150 Å². The lowest BCUT2D eigenvalue weighted by Crippen LogP contribution is -2.24. The van der Waals surface area contributed by atoms with Crippen molar-refractivity contribution in [3.05, 3.63) is 150 Å². The van der Waals surface area contributed by atoms with Crippen LogP contribution in [0, 0.1) is 0 Å². The number of benzene rings is 6. The molecule has 0 unspecified atom stereocenters. The Labute approximate surface area is 225 Å². The third-order valence-electron chi connectivity index (χ3n) is 6.87. The zero-order chi connectivity index (χ0) is 25.2. The first kappa shape index (κ1) is 23.7. The highest BCUT2D eigenvalue weighted by Crippen LogP contribution is 2.42. The molecule has 6 aromatic rings. The fourth-order valence-electron chi connectivity index (χ4n) is 4.94. The predicted octanol–water partition coefficient (Wildman–Crippen LogP) is 8.58. The Morgan fingerprint density at radius 3 is 1.41 bits per heavy atom. The van der Waals surface area contributed by atoms with Crippen LogP contribution < -0.4 is 15.9 Å². The van der Waals surface area contributed by atoms with Crippen molar-refractivity contribution >= 4 is 49.8 Å². The summed E-state index contributed by atoms with van der Waals surface area (Å²) in [5.41, 5.74) is 4.63. The fourth-order valence-corrected chi connectivity index (χ4v) is 8.07. The SMILES string of the molecule is O=P(c1ccccc1)(c1ccccc1)c1ccc(-c2ccc(-c3ccc(Br)c4ccccc34)cc2)cc1. The molecule has 178 valence electrons. The first-order valence-electron chi connectivity index (χ1n) is 12.2. The molecule has 0 atom stereocenters. The number of hydrogen-bond donors (Lipinski definition) is 0. The van der Waals surface area contributed by atoms with Crippen molar-refractivity contribution in [1.82, 2.24) is 0 Å². The van der Waals surface area contributed by atoms with Crippen molar-refractivity contribution in [2.24, 2.45) is 0 Å². The van der Waals surface area contributed by atoms with Crippen molar-refractivity contribution in [2.75, 3.05) is 0 Å². The summed E-state index contributed by atoms with van der Waals surface area (Å²) in [5, 5.41) is 4.97. The molecule has 0 heterocycles. The molecule has 0 radical (unpaired) electrons. The summed E-state index contributed by atoms with van der Waals surface area (Å²) >= 11 is 3.68. The summed E-state index contributed by atoms with van der Waals surface area (Å²) < 4.78 is 15.7. The lowest BCUT2D eigenvalue weighted by atomic mass is 9.96. The summed E-state index contributed by atoms with van der Waals surface area (Å²) in [6.45, 7) is 0. The van der Waals surface area contributed by atoms with E-state index in [4.69, 9.17) is 0 Å². The van der Waals surface area contributed by atoms with Crippen LogP contribution in [0.25, 0.3) is 33.0 Å². The van der Waals surface area contributed by atoms with E-state index in [1.807, 2.05) is 72.8 Å². The van der Waals surface area contributed by atoms with Crippen LogP contribution in [0.4, 0.5) is 0 Å². The van der Waals surface area contributed by atoms with E-state index in [0.717, 1.165) is 31.5 Å². The minimum Gasteiger partial charge on any atom is -0.309 e. The van der Waals surface area contributed by atoms with E-state index in [-0.39, 0.29) is 0 Å². The molecule has 0 spiro atoms. The first-order valence-corrected chi connectivity index (χ1v) is 14.7. The molecule has 0 fully saturated rings. The minimum atomic E-state index is -2.97. The van der Waals surface area contributed by atoms with Gasteiger partial charge in [-0.2, -0.15) is 0 Å². The third kappa shape index (κ3) is 4.37. The number of fused-ring (bicyclic) bond motifs is 1. The smallest absolute Gasteiger partial charge is 0.171 e. The van der Waals surface area contributed by atoms with E-state index < -0.39 is 7.14 Å². The summed E-state index contributed by atoms with van der Waals surface area (Å²) in [6, 6.07) is 49.2. The van der Waals surface area contributed by atoms with E-state index in [9.17, 15) is 4.57 Å². The Balaban J connectivity index is 1.36. The Morgan fingerprint density at radius 2 is 0.838 bits per heavy atom. The molecule has 0 saturated heterocycles. The molecule has 6 rings (SSSR count). The maximum atomic E-state index is 14.6. The van der Waals surface area contributed by atoms with Gasteiger partial charge in [-0.05, 0) is 39.1 Å². The van der Waals surface area contributed by atoms with Gasteiger partial charge in [-0.1, -0.05) is 155 Å². The maximum absolute atomic E-state index is 14.6. The van der Waals surface area contributed by atoms with Crippen LogP contribution in [0.1, 0.15) is 0 Å². The first-order chi connectivity index (χ1) is 18.1. The van der Waals surface area contributed by atoms with E-state index in [2.05, 4.69) is 88.7 Å². The molecule has 3 heteroatoms. The van der Waals surface area contributed by atoms with Crippen molar-refractivity contribution in [3.8, 4) is 22.3 Å². The van der Waals surface area contributed by atoms with Crippen molar-refractivity contribution in [1.29, 1.82) is 0 Å². The van der Waals surface area contributed by atoms with Gasteiger partial charge in [0.05, 0.1) is 0 Å². The number of hydrogen-bond acceptors (Lipinski definition) is 1. The molecule has 0 aliphatic carbocycles. The summed E-state index contributed by atoms with van der Waals surface area (Å²) in [7, 11) is -2.97. The average Bonchev–Trinajstić information content (AvgIpc) is 2.98. The predicted molar refractivity (Wildman–Crippen MR) is 162 cm³/mol. The normalized spacial score (nSPS) is 11.5. The Morgan fingerprint density at radius 1 is 0.405 bits per heavy atom. The number of halogens is 1. The molecule has 0 aliphatic rings. The molecule has 0 bridgehead atoms. The minimum absolute atomic E-state index is 0.839. The van der Waals surface area contributed by atoms with Gasteiger partial charge in [0.15, 0.2) is 7.14 Å². The van der Waals surface area contributed by atoms with E-state index in [1.165, 1.54) is 21.9 Å². The Bertz CT molecular complexity index is 1680.